The maximum absolute atomic E-state index is 12.2. The standard InChI is InChI=1S/C20H19ClN4O4/c1-28-18-10-13(21)4-5-14(18)15-6-7-19(26)25(23-15)9-8-22-20(27)16-11-17(29-24-16)12-2-3-12/h4-7,10-12H,2-3,8-9H2,1H3,(H,22,27). The third kappa shape index (κ3) is 4.32. The number of rotatable bonds is 7. The van der Waals surface area contributed by atoms with Crippen molar-refractivity contribution in [2.45, 2.75) is 25.3 Å². The Morgan fingerprint density at radius 1 is 1.31 bits per heavy atom. The van der Waals surface area contributed by atoms with Crippen LogP contribution in [0.3, 0.4) is 0 Å². The van der Waals surface area contributed by atoms with E-state index in [1.165, 1.54) is 10.7 Å². The number of amides is 1. The molecule has 1 saturated carbocycles. The molecule has 0 unspecified atom stereocenters. The zero-order valence-corrected chi connectivity index (χ0v) is 16.5. The van der Waals surface area contributed by atoms with Crippen LogP contribution in [0.5, 0.6) is 5.75 Å². The molecule has 1 aliphatic rings. The number of carbonyl (C=O) groups is 1. The van der Waals surface area contributed by atoms with Crippen LogP contribution in [-0.4, -0.2) is 34.5 Å². The molecule has 9 heteroatoms. The third-order valence-electron chi connectivity index (χ3n) is 4.66. The van der Waals surface area contributed by atoms with E-state index in [-0.39, 0.29) is 30.2 Å². The van der Waals surface area contributed by atoms with Crippen LogP contribution in [0.15, 0.2) is 45.7 Å². The van der Waals surface area contributed by atoms with Crippen LogP contribution in [0.2, 0.25) is 5.02 Å². The van der Waals surface area contributed by atoms with E-state index in [0.29, 0.717) is 27.9 Å². The van der Waals surface area contributed by atoms with Gasteiger partial charge in [-0.3, -0.25) is 9.59 Å². The van der Waals surface area contributed by atoms with Gasteiger partial charge in [0, 0.05) is 35.2 Å². The van der Waals surface area contributed by atoms with Crippen LogP contribution in [0.4, 0.5) is 0 Å². The second-order valence-corrected chi connectivity index (χ2v) is 7.21. The number of hydrogen-bond donors (Lipinski definition) is 1. The lowest BCUT2D eigenvalue weighted by molar-refractivity contribution is 0.0942. The smallest absolute Gasteiger partial charge is 0.273 e. The van der Waals surface area contributed by atoms with E-state index in [4.69, 9.17) is 20.9 Å². The van der Waals surface area contributed by atoms with Crippen LogP contribution >= 0.6 is 11.6 Å². The molecule has 0 bridgehead atoms. The van der Waals surface area contributed by atoms with E-state index in [0.717, 1.165) is 18.6 Å². The summed E-state index contributed by atoms with van der Waals surface area (Å²) in [5.74, 6) is 1.35. The zero-order valence-electron chi connectivity index (χ0n) is 15.7. The van der Waals surface area contributed by atoms with E-state index in [1.807, 2.05) is 0 Å². The first-order chi connectivity index (χ1) is 14.0. The molecule has 4 rings (SSSR count). The first-order valence-corrected chi connectivity index (χ1v) is 9.60. The number of nitrogens with one attached hydrogen (secondary N) is 1. The summed E-state index contributed by atoms with van der Waals surface area (Å²) in [7, 11) is 1.54. The molecule has 8 nitrogen and oxygen atoms in total. The molecule has 2 heterocycles. The molecule has 2 aromatic heterocycles. The van der Waals surface area contributed by atoms with Crippen molar-refractivity contribution in [3.8, 4) is 17.0 Å². The summed E-state index contributed by atoms with van der Waals surface area (Å²) in [4.78, 5) is 24.4. The van der Waals surface area contributed by atoms with E-state index in [2.05, 4.69) is 15.6 Å². The number of benzene rings is 1. The SMILES string of the molecule is COc1cc(Cl)ccc1-c1ccc(=O)n(CCNC(=O)c2cc(C3CC3)on2)n1. The van der Waals surface area contributed by atoms with Gasteiger partial charge in [-0.05, 0) is 37.1 Å². The van der Waals surface area contributed by atoms with Gasteiger partial charge in [0.05, 0.1) is 19.3 Å². The predicted molar refractivity (Wildman–Crippen MR) is 106 cm³/mol. The molecule has 1 aliphatic carbocycles. The second kappa shape index (κ2) is 8.08. The Bertz CT molecular complexity index is 1100. The largest absolute Gasteiger partial charge is 0.496 e. The number of hydrogen-bond acceptors (Lipinski definition) is 6. The molecular weight excluding hydrogens is 396 g/mol. The minimum absolute atomic E-state index is 0.210. The minimum Gasteiger partial charge on any atom is -0.496 e. The topological polar surface area (TPSA) is 99.2 Å². The fourth-order valence-electron chi connectivity index (χ4n) is 2.95. The molecular formula is C20H19ClN4O4. The Labute approximate surface area is 171 Å². The van der Waals surface area contributed by atoms with Gasteiger partial charge < -0.3 is 14.6 Å². The quantitative estimate of drug-likeness (QED) is 0.638. The summed E-state index contributed by atoms with van der Waals surface area (Å²) in [6.45, 7) is 0.431. The third-order valence-corrected chi connectivity index (χ3v) is 4.89. The summed E-state index contributed by atoms with van der Waals surface area (Å²) < 4.78 is 11.8. The first-order valence-electron chi connectivity index (χ1n) is 9.22. The van der Waals surface area contributed by atoms with Gasteiger partial charge in [-0.25, -0.2) is 4.68 Å². The van der Waals surface area contributed by atoms with Gasteiger partial charge in [-0.15, -0.1) is 0 Å². The van der Waals surface area contributed by atoms with Gasteiger partial charge in [-0.2, -0.15) is 5.10 Å². The molecule has 0 radical (unpaired) electrons. The van der Waals surface area contributed by atoms with Crippen molar-refractivity contribution in [1.29, 1.82) is 0 Å². The molecule has 150 valence electrons. The normalized spacial score (nSPS) is 13.3. The molecule has 29 heavy (non-hydrogen) atoms. The maximum atomic E-state index is 12.2. The highest BCUT2D eigenvalue weighted by Gasteiger charge is 2.28. The minimum atomic E-state index is -0.343. The van der Waals surface area contributed by atoms with Gasteiger partial charge in [0.1, 0.15) is 11.5 Å². The van der Waals surface area contributed by atoms with Gasteiger partial charge in [0.2, 0.25) is 0 Å². The monoisotopic (exact) mass is 414 g/mol. The van der Waals surface area contributed by atoms with Crippen molar-refractivity contribution in [2.75, 3.05) is 13.7 Å². The molecule has 1 aromatic carbocycles. The number of aromatic nitrogens is 3. The average Bonchev–Trinajstić information content (AvgIpc) is 3.45. The lowest BCUT2D eigenvalue weighted by Gasteiger charge is -2.11. The van der Waals surface area contributed by atoms with E-state index in [9.17, 15) is 9.59 Å². The molecule has 3 aromatic rings. The summed E-state index contributed by atoms with van der Waals surface area (Å²) in [5, 5.41) is 11.5. The lowest BCUT2D eigenvalue weighted by atomic mass is 10.1. The van der Waals surface area contributed by atoms with Crippen molar-refractivity contribution >= 4 is 17.5 Å². The summed E-state index contributed by atoms with van der Waals surface area (Å²) in [5.41, 5.74) is 1.25. The molecule has 0 atom stereocenters. The molecule has 1 fully saturated rings. The number of nitrogens with zero attached hydrogens (tertiary/aromatic N) is 3. The summed E-state index contributed by atoms with van der Waals surface area (Å²) >= 11 is 6.00. The number of carbonyl (C=O) groups excluding carboxylic acids is 1. The molecule has 1 N–H and O–H groups in total. The van der Waals surface area contributed by atoms with Crippen molar-refractivity contribution < 1.29 is 14.1 Å². The Balaban J connectivity index is 1.44. The Hall–Kier alpha value is -3.13. The number of ether oxygens (including phenoxy) is 1. The van der Waals surface area contributed by atoms with Crippen LogP contribution < -0.4 is 15.6 Å². The summed E-state index contributed by atoms with van der Waals surface area (Å²) in [6.07, 6.45) is 2.14. The lowest BCUT2D eigenvalue weighted by Crippen LogP contribution is -2.32. The Kier molecular flexibility index (Phi) is 5.35. The average molecular weight is 415 g/mol. The predicted octanol–water partition coefficient (Wildman–Crippen LogP) is 2.87. The molecule has 0 aliphatic heterocycles. The highest BCUT2D eigenvalue weighted by Crippen LogP contribution is 2.40. The Morgan fingerprint density at radius 3 is 2.90 bits per heavy atom. The van der Waals surface area contributed by atoms with Gasteiger partial charge in [-0.1, -0.05) is 16.8 Å². The number of halogens is 1. The van der Waals surface area contributed by atoms with Crippen molar-refractivity contribution in [3.05, 3.63) is 63.2 Å². The van der Waals surface area contributed by atoms with Crippen molar-refractivity contribution in [3.63, 3.8) is 0 Å². The molecule has 0 spiro atoms. The maximum Gasteiger partial charge on any atom is 0.273 e. The van der Waals surface area contributed by atoms with E-state index in [1.54, 1.807) is 37.4 Å². The van der Waals surface area contributed by atoms with Crippen LogP contribution in [0.25, 0.3) is 11.3 Å². The van der Waals surface area contributed by atoms with E-state index >= 15 is 0 Å². The summed E-state index contributed by atoms with van der Waals surface area (Å²) in [6, 6.07) is 9.91. The fourth-order valence-corrected chi connectivity index (χ4v) is 3.11. The van der Waals surface area contributed by atoms with Gasteiger partial charge >= 0.3 is 0 Å². The van der Waals surface area contributed by atoms with Crippen LogP contribution in [0.1, 0.15) is 35.0 Å². The van der Waals surface area contributed by atoms with Crippen molar-refractivity contribution in [1.82, 2.24) is 20.3 Å². The second-order valence-electron chi connectivity index (χ2n) is 6.77. The highest BCUT2D eigenvalue weighted by atomic mass is 35.5. The van der Waals surface area contributed by atoms with Crippen molar-refractivity contribution in [2.24, 2.45) is 0 Å². The van der Waals surface area contributed by atoms with Crippen LogP contribution in [0, 0.1) is 0 Å². The number of methoxy groups -OCH3 is 1. The van der Waals surface area contributed by atoms with Crippen LogP contribution in [-0.2, 0) is 6.54 Å². The zero-order chi connectivity index (χ0) is 20.4. The molecule has 0 saturated heterocycles. The highest BCUT2D eigenvalue weighted by molar-refractivity contribution is 6.30. The fraction of sp³-hybridized carbons (Fsp3) is 0.300. The van der Waals surface area contributed by atoms with E-state index < -0.39 is 0 Å². The first kappa shape index (κ1) is 19.2. The van der Waals surface area contributed by atoms with Gasteiger partial charge in [0.25, 0.3) is 11.5 Å². The van der Waals surface area contributed by atoms with Gasteiger partial charge in [0.15, 0.2) is 5.69 Å². The molecule has 1 amide bonds. The Morgan fingerprint density at radius 2 is 2.14 bits per heavy atom.